The molecule has 2 amide bonds. The number of carbonyl (C=O) groups is 2. The number of hydrogen-bond donors (Lipinski definition) is 3. The number of nitrogens with zero attached hydrogens (tertiary/aromatic N) is 4. The topological polar surface area (TPSA) is 144 Å². The van der Waals surface area contributed by atoms with E-state index >= 15 is 0 Å². The minimum Gasteiger partial charge on any atom is -0.444 e. The van der Waals surface area contributed by atoms with Crippen LogP contribution in [-0.2, 0) is 4.74 Å². The van der Waals surface area contributed by atoms with Gasteiger partial charge in [0, 0.05) is 48.2 Å². The SMILES string of the molecule is CC(C)n1cc(Nc2nc(N3CCC[C@H](NC(=O)OC(C)(C)C)C3)ncc2C(N)=O)cc(-c2ccc(Cl)cc2)c1=O. The van der Waals surface area contributed by atoms with E-state index in [4.69, 9.17) is 22.1 Å². The summed E-state index contributed by atoms with van der Waals surface area (Å²) in [5.74, 6) is -0.110. The fourth-order valence-corrected chi connectivity index (χ4v) is 4.70. The number of rotatable bonds is 7. The van der Waals surface area contributed by atoms with Crippen LogP contribution < -0.4 is 26.8 Å². The predicted molar refractivity (Wildman–Crippen MR) is 160 cm³/mol. The van der Waals surface area contributed by atoms with Gasteiger partial charge in [-0.3, -0.25) is 9.59 Å². The third kappa shape index (κ3) is 7.55. The number of ether oxygens (including phenoxy) is 1. The van der Waals surface area contributed by atoms with Gasteiger partial charge in [-0.25, -0.2) is 9.78 Å². The number of nitrogens with one attached hydrogen (secondary N) is 2. The molecule has 0 spiro atoms. The van der Waals surface area contributed by atoms with Crippen LogP contribution in [0.5, 0.6) is 0 Å². The summed E-state index contributed by atoms with van der Waals surface area (Å²) in [5.41, 5.74) is 6.70. The Kier molecular flexibility index (Phi) is 8.86. The number of alkyl carbamates (subject to hydrolysis) is 1. The second kappa shape index (κ2) is 12.2. The maximum atomic E-state index is 13.3. The van der Waals surface area contributed by atoms with E-state index in [-0.39, 0.29) is 29.0 Å². The molecule has 1 aliphatic heterocycles. The van der Waals surface area contributed by atoms with Gasteiger partial charge in [-0.1, -0.05) is 23.7 Å². The van der Waals surface area contributed by atoms with Crippen LogP contribution in [0.2, 0.25) is 5.02 Å². The van der Waals surface area contributed by atoms with Gasteiger partial charge >= 0.3 is 6.09 Å². The highest BCUT2D eigenvalue weighted by Crippen LogP contribution is 2.27. The lowest BCUT2D eigenvalue weighted by Gasteiger charge is -2.33. The molecule has 0 saturated carbocycles. The molecule has 0 unspecified atom stereocenters. The molecule has 3 aromatic rings. The molecule has 12 heteroatoms. The Hall–Kier alpha value is -4.12. The third-order valence-electron chi connectivity index (χ3n) is 6.48. The molecular weight excluding hydrogens is 546 g/mol. The summed E-state index contributed by atoms with van der Waals surface area (Å²) in [6.07, 6.45) is 4.17. The highest BCUT2D eigenvalue weighted by atomic mass is 35.5. The molecule has 4 rings (SSSR count). The summed E-state index contributed by atoms with van der Waals surface area (Å²) >= 11 is 6.06. The first-order valence-corrected chi connectivity index (χ1v) is 13.9. The minimum atomic E-state index is -0.697. The number of carbonyl (C=O) groups excluding carboxylic acids is 2. The summed E-state index contributed by atoms with van der Waals surface area (Å²) in [6, 6.07) is 8.43. The zero-order valence-corrected chi connectivity index (χ0v) is 24.7. The molecule has 1 fully saturated rings. The van der Waals surface area contributed by atoms with Gasteiger partial charge in [-0.05, 0) is 71.2 Å². The number of piperidine rings is 1. The largest absolute Gasteiger partial charge is 0.444 e. The number of nitrogens with two attached hydrogens (primary N) is 1. The van der Waals surface area contributed by atoms with Crippen molar-refractivity contribution >= 4 is 41.1 Å². The highest BCUT2D eigenvalue weighted by Gasteiger charge is 2.26. The van der Waals surface area contributed by atoms with Crippen molar-refractivity contribution in [2.24, 2.45) is 5.73 Å². The summed E-state index contributed by atoms with van der Waals surface area (Å²) in [4.78, 5) is 48.9. The molecule has 41 heavy (non-hydrogen) atoms. The molecule has 0 bridgehead atoms. The minimum absolute atomic E-state index is 0.101. The first-order valence-electron chi connectivity index (χ1n) is 13.5. The zero-order chi connectivity index (χ0) is 29.9. The fraction of sp³-hybridized carbons (Fsp3) is 0.414. The second-order valence-electron chi connectivity index (χ2n) is 11.3. The van der Waals surface area contributed by atoms with Crippen molar-refractivity contribution in [3.8, 4) is 11.1 Å². The summed E-state index contributed by atoms with van der Waals surface area (Å²) < 4.78 is 7.01. The van der Waals surface area contributed by atoms with E-state index in [0.717, 1.165) is 12.8 Å². The van der Waals surface area contributed by atoms with Gasteiger partial charge in [0.25, 0.3) is 11.5 Å². The van der Waals surface area contributed by atoms with Crippen molar-refractivity contribution in [1.29, 1.82) is 0 Å². The molecule has 1 saturated heterocycles. The highest BCUT2D eigenvalue weighted by molar-refractivity contribution is 6.30. The summed E-state index contributed by atoms with van der Waals surface area (Å²) in [6.45, 7) is 10.4. The lowest BCUT2D eigenvalue weighted by molar-refractivity contribution is 0.0499. The standard InChI is InChI=1S/C29H36ClN7O4/c1-17(2)37-16-21(13-22(26(37)39)18-8-10-19(30)11-9-18)33-25-23(24(31)38)14-32-27(35-25)36-12-6-7-20(15-36)34-28(40)41-29(3,4)5/h8-11,13-14,16-17,20H,6-7,12,15H2,1-5H3,(H2,31,38)(H,34,40)(H,32,33,35)/t20-/m0/s1. The molecule has 0 aliphatic carbocycles. The molecule has 0 radical (unpaired) electrons. The van der Waals surface area contributed by atoms with E-state index in [2.05, 4.69) is 20.6 Å². The Balaban J connectivity index is 1.65. The lowest BCUT2D eigenvalue weighted by Crippen LogP contribution is -2.49. The number of anilines is 3. The normalized spacial score (nSPS) is 15.5. The Morgan fingerprint density at radius 2 is 1.90 bits per heavy atom. The van der Waals surface area contributed by atoms with Crippen molar-refractivity contribution in [3.05, 3.63) is 63.7 Å². The molecule has 1 atom stereocenters. The smallest absolute Gasteiger partial charge is 0.407 e. The first-order chi connectivity index (χ1) is 19.3. The van der Waals surface area contributed by atoms with E-state index < -0.39 is 17.6 Å². The Morgan fingerprint density at radius 1 is 1.20 bits per heavy atom. The van der Waals surface area contributed by atoms with Gasteiger partial charge in [0.05, 0.1) is 5.69 Å². The van der Waals surface area contributed by atoms with Gasteiger partial charge in [0.2, 0.25) is 5.95 Å². The number of hydrogen-bond acceptors (Lipinski definition) is 8. The third-order valence-corrected chi connectivity index (χ3v) is 6.74. The molecule has 4 N–H and O–H groups in total. The molecule has 11 nitrogen and oxygen atoms in total. The fourth-order valence-electron chi connectivity index (χ4n) is 4.58. The van der Waals surface area contributed by atoms with Crippen LogP contribution in [0.3, 0.4) is 0 Å². The molecule has 1 aromatic carbocycles. The van der Waals surface area contributed by atoms with Gasteiger partial charge < -0.3 is 30.6 Å². The van der Waals surface area contributed by atoms with Crippen LogP contribution in [-0.4, -0.2) is 51.3 Å². The summed E-state index contributed by atoms with van der Waals surface area (Å²) in [7, 11) is 0. The van der Waals surface area contributed by atoms with Crippen molar-refractivity contribution in [1.82, 2.24) is 19.9 Å². The van der Waals surface area contributed by atoms with Crippen LogP contribution >= 0.6 is 11.6 Å². The monoisotopic (exact) mass is 581 g/mol. The number of halogens is 1. The van der Waals surface area contributed by atoms with Gasteiger partial charge in [-0.15, -0.1) is 0 Å². The molecule has 3 heterocycles. The summed E-state index contributed by atoms with van der Waals surface area (Å²) in [5, 5.41) is 6.67. The van der Waals surface area contributed by atoms with Crippen LogP contribution in [0.4, 0.5) is 22.2 Å². The van der Waals surface area contributed by atoms with Crippen molar-refractivity contribution in [2.75, 3.05) is 23.3 Å². The number of benzene rings is 1. The van der Waals surface area contributed by atoms with Crippen molar-refractivity contribution in [3.63, 3.8) is 0 Å². The zero-order valence-electron chi connectivity index (χ0n) is 23.9. The first kappa shape index (κ1) is 29.9. The van der Waals surface area contributed by atoms with Gasteiger partial charge in [0.15, 0.2) is 0 Å². The van der Waals surface area contributed by atoms with Crippen LogP contribution in [0.1, 0.15) is 63.9 Å². The second-order valence-corrected chi connectivity index (χ2v) is 11.7. The molecular formula is C29H36ClN7O4. The van der Waals surface area contributed by atoms with E-state index in [1.165, 1.54) is 6.20 Å². The van der Waals surface area contributed by atoms with Crippen LogP contribution in [0.15, 0.2) is 47.5 Å². The number of pyridine rings is 1. The predicted octanol–water partition coefficient (Wildman–Crippen LogP) is 4.88. The number of aromatic nitrogens is 3. The lowest BCUT2D eigenvalue weighted by atomic mass is 10.1. The van der Waals surface area contributed by atoms with Crippen molar-refractivity contribution in [2.45, 2.75) is 65.1 Å². The van der Waals surface area contributed by atoms with Crippen LogP contribution in [0.25, 0.3) is 11.1 Å². The van der Waals surface area contributed by atoms with E-state index in [1.54, 1.807) is 41.1 Å². The Labute approximate surface area is 244 Å². The maximum Gasteiger partial charge on any atom is 0.407 e. The van der Waals surface area contributed by atoms with E-state index in [1.807, 2.05) is 39.5 Å². The number of amides is 2. The van der Waals surface area contributed by atoms with Crippen LogP contribution in [0, 0.1) is 0 Å². The number of primary amides is 1. The Bertz CT molecular complexity index is 1480. The average molecular weight is 582 g/mol. The quantitative estimate of drug-likeness (QED) is 0.358. The van der Waals surface area contributed by atoms with E-state index in [0.29, 0.717) is 40.9 Å². The maximum absolute atomic E-state index is 13.3. The Morgan fingerprint density at radius 3 is 2.54 bits per heavy atom. The molecule has 2 aromatic heterocycles. The molecule has 1 aliphatic rings. The van der Waals surface area contributed by atoms with Gasteiger partial charge in [0.1, 0.15) is 17.0 Å². The molecule has 218 valence electrons. The van der Waals surface area contributed by atoms with E-state index in [9.17, 15) is 14.4 Å². The van der Waals surface area contributed by atoms with Crippen molar-refractivity contribution < 1.29 is 14.3 Å². The van der Waals surface area contributed by atoms with Gasteiger partial charge in [-0.2, -0.15) is 4.98 Å². The average Bonchev–Trinajstić information content (AvgIpc) is 2.89.